The van der Waals surface area contributed by atoms with Gasteiger partial charge in [-0.3, -0.25) is 4.79 Å². The van der Waals surface area contributed by atoms with E-state index < -0.39 is 0 Å². The average molecular weight is 491 g/mol. The molecule has 0 aromatic heterocycles. The molecule has 35 heavy (non-hydrogen) atoms. The summed E-state index contributed by atoms with van der Waals surface area (Å²) in [6.07, 6.45) is 5.42. The minimum Gasteiger partial charge on any atom is -0.466 e. The van der Waals surface area contributed by atoms with Gasteiger partial charge in [-0.1, -0.05) is 48.0 Å². The summed E-state index contributed by atoms with van der Waals surface area (Å²) in [6, 6.07) is 18.0. The molecule has 4 nitrogen and oxygen atoms in total. The summed E-state index contributed by atoms with van der Waals surface area (Å²) in [4.78, 5) is 18.6. The second-order valence-corrected chi connectivity index (χ2v) is 11.0. The molecule has 0 amide bonds. The van der Waals surface area contributed by atoms with Crippen LogP contribution in [0, 0.1) is 5.92 Å². The van der Waals surface area contributed by atoms with Crippen LogP contribution in [0.5, 0.6) is 0 Å². The number of hydrogen-bond donors (Lipinski definition) is 0. The van der Waals surface area contributed by atoms with E-state index in [4.69, 9.17) is 4.74 Å². The topological polar surface area (TPSA) is 32.8 Å². The number of likely N-dealkylation sites (tertiary alicyclic amines) is 2. The van der Waals surface area contributed by atoms with Crippen molar-refractivity contribution in [2.45, 2.75) is 49.7 Å². The van der Waals surface area contributed by atoms with Crippen LogP contribution >= 0.6 is 11.8 Å². The highest BCUT2D eigenvalue weighted by atomic mass is 32.2. The summed E-state index contributed by atoms with van der Waals surface area (Å²) < 4.78 is 5.21. The summed E-state index contributed by atoms with van der Waals surface area (Å²) in [6.45, 7) is 9.04. The highest BCUT2D eigenvalue weighted by molar-refractivity contribution is 7.98. The van der Waals surface area contributed by atoms with Crippen molar-refractivity contribution in [1.29, 1.82) is 0 Å². The van der Waals surface area contributed by atoms with E-state index in [9.17, 15) is 4.79 Å². The molecule has 0 saturated carbocycles. The second-order valence-electron chi connectivity index (χ2n) is 9.98. The molecule has 5 heteroatoms. The first-order valence-corrected chi connectivity index (χ1v) is 14.4. The molecule has 3 heterocycles. The van der Waals surface area contributed by atoms with Gasteiger partial charge in [0.2, 0.25) is 0 Å². The first-order chi connectivity index (χ1) is 17.2. The highest BCUT2D eigenvalue weighted by Crippen LogP contribution is 2.43. The smallest absolute Gasteiger partial charge is 0.309 e. The van der Waals surface area contributed by atoms with Crippen molar-refractivity contribution in [3.8, 4) is 0 Å². The van der Waals surface area contributed by atoms with Crippen LogP contribution in [0.15, 0.2) is 59.0 Å². The van der Waals surface area contributed by atoms with Crippen LogP contribution in [-0.2, 0) is 15.3 Å². The normalized spacial score (nSPS) is 19.7. The second kappa shape index (κ2) is 11.8. The maximum Gasteiger partial charge on any atom is 0.309 e. The number of esters is 1. The Morgan fingerprint density at radius 1 is 0.914 bits per heavy atom. The highest BCUT2D eigenvalue weighted by Gasteiger charge is 2.26. The zero-order chi connectivity index (χ0) is 24.0. The maximum absolute atomic E-state index is 12.0. The number of ether oxygens (including phenoxy) is 1. The van der Waals surface area contributed by atoms with Crippen LogP contribution in [0.3, 0.4) is 0 Å². The molecule has 0 unspecified atom stereocenters. The lowest BCUT2D eigenvalue weighted by atomic mass is 9.86. The molecule has 3 aliphatic heterocycles. The minimum atomic E-state index is 0.00269. The maximum atomic E-state index is 12.0. The van der Waals surface area contributed by atoms with Gasteiger partial charge in [-0.2, -0.15) is 0 Å². The van der Waals surface area contributed by atoms with Gasteiger partial charge in [0, 0.05) is 23.7 Å². The van der Waals surface area contributed by atoms with Gasteiger partial charge in [0.15, 0.2) is 0 Å². The van der Waals surface area contributed by atoms with Crippen LogP contribution in [0.4, 0.5) is 0 Å². The molecular formula is C30H38N2O2S. The van der Waals surface area contributed by atoms with Crippen molar-refractivity contribution in [1.82, 2.24) is 9.80 Å². The predicted molar refractivity (Wildman–Crippen MR) is 145 cm³/mol. The van der Waals surface area contributed by atoms with E-state index in [0.717, 1.165) is 64.2 Å². The Balaban J connectivity index is 1.16. The van der Waals surface area contributed by atoms with E-state index in [1.165, 1.54) is 40.1 Å². The lowest BCUT2D eigenvalue weighted by molar-refractivity contribution is -0.149. The number of carbonyl (C=O) groups excluding carboxylic acids is 1. The number of hydrogen-bond acceptors (Lipinski definition) is 5. The fraction of sp³-hybridized carbons (Fsp3) is 0.500. The molecule has 2 fully saturated rings. The first kappa shape index (κ1) is 24.6. The SMILES string of the molecule is CCOC(=O)C1CCN(CCCN2CCC(=C3c4ccccc4CSc4ccccc43)CC2)CC1. The number of carbonyl (C=O) groups is 1. The third-order valence-electron chi connectivity index (χ3n) is 7.80. The standard InChI is InChI=1S/C30H38N2O2S/c1-2-34-30(33)24-14-20-32(21-15-24)17-7-16-31-18-12-23(13-19-31)29-26-9-4-3-8-25(26)22-35-28-11-6-5-10-27(28)29/h3-6,8-11,24H,2,7,12-22H2,1H3. The van der Waals surface area contributed by atoms with Crippen molar-refractivity contribution in [3.05, 3.63) is 70.8 Å². The fourth-order valence-electron chi connectivity index (χ4n) is 5.84. The predicted octanol–water partition coefficient (Wildman–Crippen LogP) is 5.86. The van der Waals surface area contributed by atoms with Crippen molar-refractivity contribution in [2.24, 2.45) is 5.92 Å². The summed E-state index contributed by atoms with van der Waals surface area (Å²) in [5.41, 5.74) is 7.47. The summed E-state index contributed by atoms with van der Waals surface area (Å²) in [5, 5.41) is 0. The zero-order valence-corrected chi connectivity index (χ0v) is 21.8. The number of rotatable bonds is 6. The van der Waals surface area contributed by atoms with Gasteiger partial charge in [-0.05, 0) is 93.5 Å². The van der Waals surface area contributed by atoms with Crippen molar-refractivity contribution in [3.63, 3.8) is 0 Å². The molecule has 2 saturated heterocycles. The number of fused-ring (bicyclic) bond motifs is 2. The van der Waals surface area contributed by atoms with Gasteiger partial charge in [0.05, 0.1) is 12.5 Å². The Labute approximate surface area is 214 Å². The van der Waals surface area contributed by atoms with Gasteiger partial charge in [0.1, 0.15) is 0 Å². The number of nitrogens with zero attached hydrogens (tertiary/aromatic N) is 2. The minimum absolute atomic E-state index is 0.00269. The van der Waals surface area contributed by atoms with Gasteiger partial charge in [-0.15, -0.1) is 11.8 Å². The van der Waals surface area contributed by atoms with Crippen molar-refractivity contribution >= 4 is 23.3 Å². The van der Waals surface area contributed by atoms with Crippen LogP contribution in [-0.4, -0.2) is 61.6 Å². The molecule has 0 spiro atoms. The summed E-state index contributed by atoms with van der Waals surface area (Å²) in [5.74, 6) is 1.16. The molecule has 3 aliphatic rings. The van der Waals surface area contributed by atoms with Crippen LogP contribution in [0.2, 0.25) is 0 Å². The molecular weight excluding hydrogens is 452 g/mol. The molecule has 0 atom stereocenters. The van der Waals surface area contributed by atoms with E-state index in [2.05, 4.69) is 58.3 Å². The molecule has 186 valence electrons. The third kappa shape index (κ3) is 5.84. The van der Waals surface area contributed by atoms with E-state index in [0.29, 0.717) is 6.61 Å². The Hall–Kier alpha value is -2.08. The molecule has 0 N–H and O–H groups in total. The summed E-state index contributed by atoms with van der Waals surface area (Å²) >= 11 is 1.97. The van der Waals surface area contributed by atoms with Crippen LogP contribution < -0.4 is 0 Å². The quantitative estimate of drug-likeness (QED) is 0.474. The van der Waals surface area contributed by atoms with E-state index in [1.54, 1.807) is 5.57 Å². The number of piperidine rings is 2. The Bertz CT molecular complexity index is 998. The third-order valence-corrected chi connectivity index (χ3v) is 8.92. The van der Waals surface area contributed by atoms with E-state index in [-0.39, 0.29) is 11.9 Å². The average Bonchev–Trinajstić information content (AvgIpc) is 3.07. The molecule has 0 bridgehead atoms. The Kier molecular flexibility index (Phi) is 8.27. The monoisotopic (exact) mass is 490 g/mol. The van der Waals surface area contributed by atoms with Crippen LogP contribution in [0.1, 0.15) is 55.7 Å². The van der Waals surface area contributed by atoms with Gasteiger partial charge in [-0.25, -0.2) is 0 Å². The molecule has 2 aromatic carbocycles. The largest absolute Gasteiger partial charge is 0.466 e. The Morgan fingerprint density at radius 2 is 1.57 bits per heavy atom. The summed E-state index contributed by atoms with van der Waals surface area (Å²) in [7, 11) is 0. The molecule has 0 radical (unpaired) electrons. The van der Waals surface area contributed by atoms with Crippen molar-refractivity contribution in [2.75, 3.05) is 45.9 Å². The van der Waals surface area contributed by atoms with Crippen LogP contribution in [0.25, 0.3) is 5.57 Å². The fourth-order valence-corrected chi connectivity index (χ4v) is 6.90. The molecule has 2 aromatic rings. The molecule has 5 rings (SSSR count). The Morgan fingerprint density at radius 3 is 2.31 bits per heavy atom. The number of benzene rings is 2. The number of thioether (sulfide) groups is 1. The van der Waals surface area contributed by atoms with E-state index >= 15 is 0 Å². The lowest BCUT2D eigenvalue weighted by Crippen LogP contribution is -2.39. The zero-order valence-electron chi connectivity index (χ0n) is 21.0. The van der Waals surface area contributed by atoms with Gasteiger partial charge < -0.3 is 14.5 Å². The van der Waals surface area contributed by atoms with Crippen molar-refractivity contribution < 1.29 is 9.53 Å². The lowest BCUT2D eigenvalue weighted by Gasteiger charge is -2.33. The van der Waals surface area contributed by atoms with E-state index in [1.807, 2.05) is 18.7 Å². The van der Waals surface area contributed by atoms with Gasteiger partial charge in [0.25, 0.3) is 0 Å². The van der Waals surface area contributed by atoms with Gasteiger partial charge >= 0.3 is 5.97 Å². The first-order valence-electron chi connectivity index (χ1n) is 13.4. The molecule has 0 aliphatic carbocycles.